The van der Waals surface area contributed by atoms with Crippen LogP contribution in [0.25, 0.3) is 5.52 Å². The summed E-state index contributed by atoms with van der Waals surface area (Å²) in [6.45, 7) is 4.85. The summed E-state index contributed by atoms with van der Waals surface area (Å²) in [4.78, 5) is 5.10. The van der Waals surface area contributed by atoms with E-state index < -0.39 is 0 Å². The molecule has 2 bridgehead atoms. The smallest absolute Gasteiger partial charge is 0.142 e. The molecule has 5 heterocycles. The van der Waals surface area contributed by atoms with Crippen molar-refractivity contribution in [1.82, 2.24) is 14.5 Å². The number of ether oxygens (including phenoxy) is 1. The molecule has 3 aliphatic heterocycles. The normalized spacial score (nSPS) is 33.0. The Kier molecular flexibility index (Phi) is 4.94. The van der Waals surface area contributed by atoms with Gasteiger partial charge in [-0.3, -0.25) is 4.90 Å². The van der Waals surface area contributed by atoms with E-state index >= 15 is 0 Å². The van der Waals surface area contributed by atoms with Crippen molar-refractivity contribution in [2.24, 2.45) is 5.73 Å². The average Bonchev–Trinajstić information content (AvgIpc) is 3.17. The highest BCUT2D eigenvalue weighted by Crippen LogP contribution is 2.34. The van der Waals surface area contributed by atoms with Crippen LogP contribution in [0.5, 0.6) is 0 Å². The van der Waals surface area contributed by atoms with E-state index in [1.54, 1.807) is 10.7 Å². The molecule has 154 valence electrons. The number of anilines is 1. The van der Waals surface area contributed by atoms with Crippen molar-refractivity contribution >= 4 is 11.2 Å². The van der Waals surface area contributed by atoms with E-state index in [9.17, 15) is 5.26 Å². The molecule has 0 saturated carbocycles. The van der Waals surface area contributed by atoms with Crippen molar-refractivity contribution in [3.8, 4) is 6.07 Å². The van der Waals surface area contributed by atoms with Gasteiger partial charge in [-0.05, 0) is 50.8 Å². The lowest BCUT2D eigenvalue weighted by Crippen LogP contribution is -2.59. The van der Waals surface area contributed by atoms with E-state index in [-0.39, 0.29) is 12.2 Å². The Labute approximate surface area is 172 Å². The topological polar surface area (TPSA) is 82.8 Å². The number of nitriles is 1. The number of pyridine rings is 1. The van der Waals surface area contributed by atoms with Crippen molar-refractivity contribution in [2.75, 3.05) is 24.5 Å². The summed E-state index contributed by atoms with van der Waals surface area (Å²) in [7, 11) is 0. The highest BCUT2D eigenvalue weighted by atomic mass is 16.5. The minimum absolute atomic E-state index is 0.166. The van der Waals surface area contributed by atoms with Crippen LogP contribution < -0.4 is 10.6 Å². The summed E-state index contributed by atoms with van der Waals surface area (Å²) in [6, 6.07) is 9.72. The van der Waals surface area contributed by atoms with E-state index in [1.165, 1.54) is 19.3 Å². The number of nitrogens with zero attached hydrogens (tertiary/aromatic N) is 5. The minimum Gasteiger partial charge on any atom is -0.370 e. The van der Waals surface area contributed by atoms with Crippen molar-refractivity contribution in [1.29, 1.82) is 5.26 Å². The average molecular weight is 395 g/mol. The molecule has 4 atom stereocenters. The number of hydrogen-bond donors (Lipinski definition) is 1. The Bertz CT molecular complexity index is 906. The Morgan fingerprint density at radius 1 is 1.21 bits per heavy atom. The Morgan fingerprint density at radius 2 is 2.00 bits per heavy atom. The maximum atomic E-state index is 9.36. The maximum Gasteiger partial charge on any atom is 0.142 e. The molecule has 0 aliphatic carbocycles. The number of morpholine rings is 1. The minimum atomic E-state index is 0.166. The van der Waals surface area contributed by atoms with Gasteiger partial charge in [0.05, 0.1) is 29.6 Å². The molecule has 7 heteroatoms. The van der Waals surface area contributed by atoms with Crippen molar-refractivity contribution in [3.63, 3.8) is 0 Å². The third-order valence-corrected chi connectivity index (χ3v) is 6.89. The Balaban J connectivity index is 1.37. The number of piperidine rings is 2. The summed E-state index contributed by atoms with van der Waals surface area (Å²) >= 11 is 0. The van der Waals surface area contributed by atoms with Crippen LogP contribution in [0.4, 0.5) is 5.69 Å². The van der Waals surface area contributed by atoms with Crippen molar-refractivity contribution in [2.45, 2.75) is 69.4 Å². The predicted molar refractivity (Wildman–Crippen MR) is 112 cm³/mol. The van der Waals surface area contributed by atoms with Crippen LogP contribution in [-0.4, -0.2) is 64.5 Å². The molecule has 0 aromatic carbocycles. The molecule has 3 aliphatic rings. The molecule has 0 amide bonds. The quantitative estimate of drug-likeness (QED) is 0.859. The standard InChI is InChI=1S/C22H30N6O/c1-15-12-26(21-6-5-19(11-23)28-22(21)7-8-25-28)13-20(29-15)14-27-17-3-2-4-18(27)10-16(24)9-17/h5-8,15-18,20H,2-4,9-10,12-14,24H2,1H3/t15-,16?,17?,18?,20-/m1/s1. The maximum absolute atomic E-state index is 9.36. The van der Waals surface area contributed by atoms with E-state index in [0.29, 0.717) is 23.8 Å². The molecule has 2 aromatic heterocycles. The van der Waals surface area contributed by atoms with E-state index in [0.717, 1.165) is 43.7 Å². The molecular formula is C22H30N6O. The summed E-state index contributed by atoms with van der Waals surface area (Å²) in [5.74, 6) is 0. The van der Waals surface area contributed by atoms with E-state index in [4.69, 9.17) is 10.5 Å². The SMILES string of the molecule is C[C@@H]1CN(c2ccc(C#N)n3nccc23)C[C@H](CN2C3CCCC2CC(N)C3)O1. The summed E-state index contributed by atoms with van der Waals surface area (Å²) < 4.78 is 8.12. The summed E-state index contributed by atoms with van der Waals surface area (Å²) in [5.41, 5.74) is 8.98. The summed E-state index contributed by atoms with van der Waals surface area (Å²) in [5, 5.41) is 13.7. The number of hydrogen-bond acceptors (Lipinski definition) is 6. The molecule has 7 nitrogen and oxygen atoms in total. The molecule has 0 radical (unpaired) electrons. The van der Waals surface area contributed by atoms with Gasteiger partial charge in [-0.25, -0.2) is 4.52 Å². The fourth-order valence-electron chi connectivity index (χ4n) is 5.75. The van der Waals surface area contributed by atoms with Gasteiger partial charge in [0, 0.05) is 37.8 Å². The van der Waals surface area contributed by atoms with Crippen LogP contribution >= 0.6 is 0 Å². The highest BCUT2D eigenvalue weighted by molar-refractivity contribution is 5.74. The molecular weight excluding hydrogens is 364 g/mol. The molecule has 2 unspecified atom stereocenters. The van der Waals surface area contributed by atoms with Gasteiger partial charge in [0.25, 0.3) is 0 Å². The van der Waals surface area contributed by atoms with Gasteiger partial charge in [-0.2, -0.15) is 10.4 Å². The van der Waals surface area contributed by atoms with E-state index in [2.05, 4.69) is 34.0 Å². The van der Waals surface area contributed by atoms with Gasteiger partial charge in [-0.1, -0.05) is 6.42 Å². The molecule has 2 aromatic rings. The van der Waals surface area contributed by atoms with Gasteiger partial charge in [0.2, 0.25) is 0 Å². The number of fused-ring (bicyclic) bond motifs is 3. The fraction of sp³-hybridized carbons (Fsp3) is 0.636. The fourth-order valence-corrected chi connectivity index (χ4v) is 5.75. The Hall–Kier alpha value is -2.14. The van der Waals surface area contributed by atoms with Crippen molar-refractivity contribution < 1.29 is 4.74 Å². The zero-order valence-corrected chi connectivity index (χ0v) is 17.1. The lowest BCUT2D eigenvalue weighted by molar-refractivity contribution is -0.0640. The molecule has 3 saturated heterocycles. The van der Waals surface area contributed by atoms with Crippen LogP contribution in [0.1, 0.15) is 44.7 Å². The van der Waals surface area contributed by atoms with Crippen LogP contribution in [-0.2, 0) is 4.74 Å². The highest BCUT2D eigenvalue weighted by Gasteiger charge is 2.39. The zero-order valence-electron chi connectivity index (χ0n) is 17.1. The first kappa shape index (κ1) is 18.9. The molecule has 0 spiro atoms. The molecule has 5 rings (SSSR count). The second-order valence-corrected chi connectivity index (χ2v) is 8.98. The monoisotopic (exact) mass is 394 g/mol. The molecule has 3 fully saturated rings. The Morgan fingerprint density at radius 3 is 2.76 bits per heavy atom. The third-order valence-electron chi connectivity index (χ3n) is 6.89. The lowest BCUT2D eigenvalue weighted by Gasteiger charge is -2.50. The van der Waals surface area contributed by atoms with Crippen LogP contribution in [0.2, 0.25) is 0 Å². The van der Waals surface area contributed by atoms with Gasteiger partial charge in [0.1, 0.15) is 11.8 Å². The van der Waals surface area contributed by atoms with Crippen LogP contribution in [0.3, 0.4) is 0 Å². The second kappa shape index (κ2) is 7.60. The zero-order chi connectivity index (χ0) is 20.0. The predicted octanol–water partition coefficient (Wildman–Crippen LogP) is 2.14. The first-order valence-corrected chi connectivity index (χ1v) is 10.9. The first-order valence-electron chi connectivity index (χ1n) is 10.9. The first-order chi connectivity index (χ1) is 14.1. The van der Waals surface area contributed by atoms with Crippen molar-refractivity contribution in [3.05, 3.63) is 30.1 Å². The van der Waals surface area contributed by atoms with E-state index in [1.807, 2.05) is 12.1 Å². The summed E-state index contributed by atoms with van der Waals surface area (Å²) in [6.07, 6.45) is 8.21. The number of nitrogens with two attached hydrogens (primary N) is 1. The lowest BCUT2D eigenvalue weighted by atomic mass is 9.82. The number of aromatic nitrogens is 2. The second-order valence-electron chi connectivity index (χ2n) is 8.98. The third kappa shape index (κ3) is 3.50. The van der Waals surface area contributed by atoms with Crippen LogP contribution in [0, 0.1) is 11.3 Å². The van der Waals surface area contributed by atoms with Gasteiger partial charge >= 0.3 is 0 Å². The van der Waals surface area contributed by atoms with Gasteiger partial charge in [0.15, 0.2) is 0 Å². The molecule has 2 N–H and O–H groups in total. The van der Waals surface area contributed by atoms with Gasteiger partial charge in [-0.15, -0.1) is 0 Å². The van der Waals surface area contributed by atoms with Crippen LogP contribution in [0.15, 0.2) is 24.4 Å². The largest absolute Gasteiger partial charge is 0.370 e. The molecule has 29 heavy (non-hydrogen) atoms. The van der Waals surface area contributed by atoms with Gasteiger partial charge < -0.3 is 15.4 Å². The number of rotatable bonds is 3.